The summed E-state index contributed by atoms with van der Waals surface area (Å²) in [7, 11) is 1.41. The van der Waals surface area contributed by atoms with Crippen LogP contribution in [0.1, 0.15) is 40.1 Å². The van der Waals surface area contributed by atoms with E-state index in [2.05, 4.69) is 5.32 Å². The number of carboxylic acid groups (broad SMARTS) is 1. The van der Waals surface area contributed by atoms with Crippen molar-refractivity contribution < 1.29 is 28.6 Å². The van der Waals surface area contributed by atoms with E-state index >= 15 is 0 Å². The zero-order chi connectivity index (χ0) is 19.1. The molecule has 0 bridgehead atoms. The number of ether oxygens (including phenoxy) is 2. The molecule has 0 fully saturated rings. The van der Waals surface area contributed by atoms with Gasteiger partial charge in [-0.05, 0) is 38.1 Å². The highest BCUT2D eigenvalue weighted by Gasteiger charge is 2.34. The smallest absolute Gasteiger partial charge is 0.335 e. The molecule has 26 heavy (non-hydrogen) atoms. The lowest BCUT2D eigenvalue weighted by atomic mass is 10.00. The Labute approximate surface area is 149 Å². The molecule has 2 N–H and O–H groups in total. The Hall–Kier alpha value is -3.09. The molecule has 1 amide bonds. The van der Waals surface area contributed by atoms with Crippen LogP contribution in [0.15, 0.2) is 30.3 Å². The Morgan fingerprint density at radius 2 is 2.00 bits per heavy atom. The average Bonchev–Trinajstić information content (AvgIpc) is 2.88. The first-order chi connectivity index (χ1) is 12.2. The summed E-state index contributed by atoms with van der Waals surface area (Å²) in [5, 5.41) is 11.6. The van der Waals surface area contributed by atoms with Crippen molar-refractivity contribution in [2.24, 2.45) is 0 Å². The van der Waals surface area contributed by atoms with Crippen LogP contribution in [0.4, 0.5) is 4.39 Å². The van der Waals surface area contributed by atoms with Gasteiger partial charge in [-0.3, -0.25) is 4.79 Å². The standard InChI is InChI=1S/C19H18FNO5/c1-19(2)9-13-15(6-10(18(23)24)7-16(13)26-19)25-11-4-5-12(14(20)8-11)17(22)21-3/h4-8H,9H2,1-3H3,(H,21,22)(H,23,24). The summed E-state index contributed by atoms with van der Waals surface area (Å²) < 4.78 is 25.7. The second-order valence-corrected chi connectivity index (χ2v) is 6.62. The summed E-state index contributed by atoms with van der Waals surface area (Å²) in [6, 6.07) is 6.69. The SMILES string of the molecule is CNC(=O)c1ccc(Oc2cc(C(=O)O)cc3c2CC(C)(C)O3)cc1F. The van der Waals surface area contributed by atoms with Crippen LogP contribution < -0.4 is 14.8 Å². The van der Waals surface area contributed by atoms with Crippen LogP contribution >= 0.6 is 0 Å². The molecule has 136 valence electrons. The van der Waals surface area contributed by atoms with Crippen molar-refractivity contribution in [2.75, 3.05) is 7.05 Å². The molecule has 3 rings (SSSR count). The highest BCUT2D eigenvalue weighted by Crippen LogP contribution is 2.43. The van der Waals surface area contributed by atoms with E-state index in [0.29, 0.717) is 12.2 Å². The lowest BCUT2D eigenvalue weighted by molar-refractivity contribution is 0.0694. The van der Waals surface area contributed by atoms with Gasteiger partial charge in [-0.25, -0.2) is 9.18 Å². The van der Waals surface area contributed by atoms with Gasteiger partial charge in [-0.15, -0.1) is 0 Å². The molecule has 1 heterocycles. The number of hydrogen-bond acceptors (Lipinski definition) is 4. The van der Waals surface area contributed by atoms with Gasteiger partial charge in [0.1, 0.15) is 28.7 Å². The largest absolute Gasteiger partial charge is 0.487 e. The number of benzene rings is 2. The minimum absolute atomic E-state index is 0.0129. The molecule has 0 atom stereocenters. The second-order valence-electron chi connectivity index (χ2n) is 6.62. The number of carbonyl (C=O) groups excluding carboxylic acids is 1. The van der Waals surface area contributed by atoms with Gasteiger partial charge in [0, 0.05) is 25.1 Å². The second kappa shape index (κ2) is 6.33. The molecule has 0 aromatic heterocycles. The molecular weight excluding hydrogens is 341 g/mol. The van der Waals surface area contributed by atoms with Crippen LogP contribution in [0, 0.1) is 5.82 Å². The molecule has 6 nitrogen and oxygen atoms in total. The molecule has 0 saturated carbocycles. The predicted molar refractivity (Wildman–Crippen MR) is 91.7 cm³/mol. The fourth-order valence-corrected chi connectivity index (χ4v) is 2.86. The van der Waals surface area contributed by atoms with E-state index in [1.165, 1.54) is 31.3 Å². The number of nitrogens with one attached hydrogen (secondary N) is 1. The van der Waals surface area contributed by atoms with Crippen LogP contribution in [0.3, 0.4) is 0 Å². The fraction of sp³-hybridized carbons (Fsp3) is 0.263. The number of halogens is 1. The van der Waals surface area contributed by atoms with E-state index in [-0.39, 0.29) is 22.6 Å². The van der Waals surface area contributed by atoms with Gasteiger partial charge >= 0.3 is 5.97 Å². The number of amides is 1. The molecule has 1 aliphatic rings. The topological polar surface area (TPSA) is 84.9 Å². The van der Waals surface area contributed by atoms with Gasteiger partial charge in [0.15, 0.2) is 0 Å². The minimum Gasteiger partial charge on any atom is -0.487 e. The van der Waals surface area contributed by atoms with Crippen molar-refractivity contribution in [1.29, 1.82) is 0 Å². The monoisotopic (exact) mass is 359 g/mol. The van der Waals surface area contributed by atoms with E-state index in [4.69, 9.17) is 9.47 Å². The third-order valence-electron chi connectivity index (χ3n) is 4.04. The van der Waals surface area contributed by atoms with Gasteiger partial charge in [-0.2, -0.15) is 0 Å². The molecule has 0 aliphatic carbocycles. The summed E-state index contributed by atoms with van der Waals surface area (Å²) in [4.78, 5) is 22.9. The van der Waals surface area contributed by atoms with Crippen LogP contribution in [0.5, 0.6) is 17.2 Å². The van der Waals surface area contributed by atoms with Gasteiger partial charge in [0.25, 0.3) is 5.91 Å². The predicted octanol–water partition coefficient (Wildman–Crippen LogP) is 3.39. The molecule has 7 heteroatoms. The van der Waals surface area contributed by atoms with Gasteiger partial charge in [0.2, 0.25) is 0 Å². The van der Waals surface area contributed by atoms with E-state index in [9.17, 15) is 19.1 Å². The van der Waals surface area contributed by atoms with Crippen molar-refractivity contribution in [3.8, 4) is 17.2 Å². The van der Waals surface area contributed by atoms with Gasteiger partial charge < -0.3 is 19.9 Å². The number of carbonyl (C=O) groups is 2. The van der Waals surface area contributed by atoms with Crippen LogP contribution in [0.2, 0.25) is 0 Å². The van der Waals surface area contributed by atoms with Crippen molar-refractivity contribution in [2.45, 2.75) is 25.9 Å². The van der Waals surface area contributed by atoms with Crippen LogP contribution in [0.25, 0.3) is 0 Å². The molecule has 0 saturated heterocycles. The Morgan fingerprint density at radius 3 is 2.62 bits per heavy atom. The summed E-state index contributed by atoms with van der Waals surface area (Å²) >= 11 is 0. The van der Waals surface area contributed by atoms with E-state index < -0.39 is 23.3 Å². The maximum absolute atomic E-state index is 14.1. The zero-order valence-corrected chi connectivity index (χ0v) is 14.6. The first-order valence-corrected chi connectivity index (χ1v) is 7.99. The van der Waals surface area contributed by atoms with Gasteiger partial charge in [-0.1, -0.05) is 0 Å². The third-order valence-corrected chi connectivity index (χ3v) is 4.04. The number of carboxylic acids is 1. The molecule has 0 radical (unpaired) electrons. The Balaban J connectivity index is 1.99. The third kappa shape index (κ3) is 3.33. The highest BCUT2D eigenvalue weighted by atomic mass is 19.1. The Morgan fingerprint density at radius 1 is 1.27 bits per heavy atom. The van der Waals surface area contributed by atoms with E-state index in [1.54, 1.807) is 0 Å². The Bertz CT molecular complexity index is 907. The highest BCUT2D eigenvalue weighted by molar-refractivity contribution is 5.94. The van der Waals surface area contributed by atoms with Crippen molar-refractivity contribution in [3.63, 3.8) is 0 Å². The number of fused-ring (bicyclic) bond motifs is 1. The van der Waals surface area contributed by atoms with Crippen LogP contribution in [-0.2, 0) is 6.42 Å². The summed E-state index contributed by atoms with van der Waals surface area (Å²) in [5.41, 5.74) is 0.134. The average molecular weight is 359 g/mol. The van der Waals surface area contributed by atoms with Crippen molar-refractivity contribution >= 4 is 11.9 Å². The lowest BCUT2D eigenvalue weighted by Gasteiger charge is -2.16. The van der Waals surface area contributed by atoms with Gasteiger partial charge in [0.05, 0.1) is 11.1 Å². The zero-order valence-electron chi connectivity index (χ0n) is 14.6. The number of rotatable bonds is 4. The summed E-state index contributed by atoms with van der Waals surface area (Å²) in [6.07, 6.45) is 0.524. The maximum atomic E-state index is 14.1. The first kappa shape index (κ1) is 17.7. The lowest BCUT2D eigenvalue weighted by Crippen LogP contribution is -2.24. The molecule has 0 unspecified atom stereocenters. The van der Waals surface area contributed by atoms with E-state index in [0.717, 1.165) is 11.6 Å². The molecular formula is C19H18FNO5. The maximum Gasteiger partial charge on any atom is 0.335 e. The van der Waals surface area contributed by atoms with Crippen molar-refractivity contribution in [1.82, 2.24) is 5.32 Å². The summed E-state index contributed by atoms with van der Waals surface area (Å²) in [6.45, 7) is 3.77. The molecule has 2 aromatic carbocycles. The number of hydrogen-bond donors (Lipinski definition) is 2. The number of aromatic carboxylic acids is 1. The minimum atomic E-state index is -1.12. The van der Waals surface area contributed by atoms with E-state index in [1.807, 2.05) is 13.8 Å². The quantitative estimate of drug-likeness (QED) is 0.874. The molecule has 0 spiro atoms. The van der Waals surface area contributed by atoms with Crippen LogP contribution in [-0.4, -0.2) is 29.6 Å². The Kier molecular flexibility index (Phi) is 4.31. The summed E-state index contributed by atoms with van der Waals surface area (Å²) in [5.74, 6) is -1.51. The normalized spacial score (nSPS) is 14.3. The molecule has 1 aliphatic heterocycles. The van der Waals surface area contributed by atoms with Crippen molar-refractivity contribution in [3.05, 3.63) is 52.8 Å². The first-order valence-electron chi connectivity index (χ1n) is 7.99. The fourth-order valence-electron chi connectivity index (χ4n) is 2.86. The molecule has 2 aromatic rings.